The van der Waals surface area contributed by atoms with Gasteiger partial charge in [0.05, 0.1) is 17.3 Å². The molecule has 0 fully saturated rings. The molecule has 2 heterocycles. The van der Waals surface area contributed by atoms with E-state index in [2.05, 4.69) is 40.4 Å². The molecule has 1 unspecified atom stereocenters. The van der Waals surface area contributed by atoms with Crippen molar-refractivity contribution >= 4 is 10.9 Å². The number of rotatable bonds is 3. The fourth-order valence-electron chi connectivity index (χ4n) is 2.56. The zero-order valence-electron chi connectivity index (χ0n) is 11.7. The second kappa shape index (κ2) is 5.39. The van der Waals surface area contributed by atoms with Gasteiger partial charge >= 0.3 is 0 Å². The second-order valence-corrected chi connectivity index (χ2v) is 4.90. The standard InChI is InChI=1S/C17H17N3/c1-12-8-10-20-16(11-12)17(18-2)14-5-3-7-15-13(14)6-4-9-19-15/h3-11,17-18H,1-2H3. The molecule has 3 nitrogen and oxygen atoms in total. The Morgan fingerprint density at radius 2 is 1.90 bits per heavy atom. The van der Waals surface area contributed by atoms with Crippen LogP contribution in [0.4, 0.5) is 0 Å². The van der Waals surface area contributed by atoms with Crippen molar-refractivity contribution < 1.29 is 0 Å². The van der Waals surface area contributed by atoms with E-state index in [4.69, 9.17) is 0 Å². The highest BCUT2D eigenvalue weighted by Crippen LogP contribution is 2.27. The number of aromatic nitrogens is 2. The molecule has 0 saturated heterocycles. The third-order valence-electron chi connectivity index (χ3n) is 3.51. The molecule has 0 aliphatic carbocycles. The number of hydrogen-bond acceptors (Lipinski definition) is 3. The Morgan fingerprint density at radius 3 is 2.70 bits per heavy atom. The first-order valence-electron chi connectivity index (χ1n) is 6.73. The minimum Gasteiger partial charge on any atom is -0.308 e. The van der Waals surface area contributed by atoms with Gasteiger partial charge in [0, 0.05) is 17.8 Å². The minimum atomic E-state index is 0.0720. The molecule has 3 heteroatoms. The van der Waals surface area contributed by atoms with E-state index in [0.717, 1.165) is 16.6 Å². The number of aryl methyl sites for hydroxylation is 1. The van der Waals surface area contributed by atoms with Crippen LogP contribution in [0.2, 0.25) is 0 Å². The molecule has 0 aliphatic heterocycles. The van der Waals surface area contributed by atoms with Crippen LogP contribution < -0.4 is 5.32 Å². The molecule has 0 amide bonds. The van der Waals surface area contributed by atoms with Crippen molar-refractivity contribution in [3.63, 3.8) is 0 Å². The smallest absolute Gasteiger partial charge is 0.0755 e. The summed E-state index contributed by atoms with van der Waals surface area (Å²) in [6.07, 6.45) is 3.68. The Kier molecular flexibility index (Phi) is 3.44. The summed E-state index contributed by atoms with van der Waals surface area (Å²) in [7, 11) is 1.96. The Bertz CT molecular complexity index is 732. The molecule has 1 N–H and O–H groups in total. The van der Waals surface area contributed by atoms with Gasteiger partial charge in [-0.15, -0.1) is 0 Å². The van der Waals surface area contributed by atoms with Gasteiger partial charge < -0.3 is 5.32 Å². The predicted octanol–water partition coefficient (Wildman–Crippen LogP) is 3.25. The van der Waals surface area contributed by atoms with Crippen LogP contribution in [0, 0.1) is 6.92 Å². The maximum Gasteiger partial charge on any atom is 0.0755 e. The van der Waals surface area contributed by atoms with Crippen LogP contribution in [-0.4, -0.2) is 17.0 Å². The van der Waals surface area contributed by atoms with Crippen LogP contribution in [0.25, 0.3) is 10.9 Å². The Morgan fingerprint density at radius 1 is 1.00 bits per heavy atom. The molecule has 3 rings (SSSR count). The Balaban J connectivity index is 2.17. The van der Waals surface area contributed by atoms with Crippen molar-refractivity contribution in [2.45, 2.75) is 13.0 Å². The fraction of sp³-hybridized carbons (Fsp3) is 0.176. The molecule has 1 atom stereocenters. The van der Waals surface area contributed by atoms with Gasteiger partial charge in [0.25, 0.3) is 0 Å². The molecular weight excluding hydrogens is 246 g/mol. The lowest BCUT2D eigenvalue weighted by Crippen LogP contribution is -2.19. The first kappa shape index (κ1) is 12.8. The third kappa shape index (κ3) is 2.28. The van der Waals surface area contributed by atoms with Gasteiger partial charge in [-0.1, -0.05) is 18.2 Å². The van der Waals surface area contributed by atoms with Gasteiger partial charge in [-0.25, -0.2) is 0 Å². The molecule has 100 valence electrons. The molecular formula is C17H17N3. The number of pyridine rings is 2. The fourth-order valence-corrected chi connectivity index (χ4v) is 2.56. The van der Waals surface area contributed by atoms with Crippen LogP contribution >= 0.6 is 0 Å². The van der Waals surface area contributed by atoms with Crippen molar-refractivity contribution in [1.82, 2.24) is 15.3 Å². The summed E-state index contributed by atoms with van der Waals surface area (Å²) < 4.78 is 0. The van der Waals surface area contributed by atoms with Gasteiger partial charge in [-0.2, -0.15) is 0 Å². The largest absolute Gasteiger partial charge is 0.308 e. The topological polar surface area (TPSA) is 37.8 Å². The normalized spacial score (nSPS) is 12.5. The molecule has 0 saturated carbocycles. The highest BCUT2D eigenvalue weighted by molar-refractivity contribution is 5.82. The average molecular weight is 263 g/mol. The van der Waals surface area contributed by atoms with Gasteiger partial charge in [0.2, 0.25) is 0 Å². The van der Waals surface area contributed by atoms with E-state index in [9.17, 15) is 0 Å². The van der Waals surface area contributed by atoms with Crippen LogP contribution in [0.3, 0.4) is 0 Å². The zero-order chi connectivity index (χ0) is 13.9. The van der Waals surface area contributed by atoms with Gasteiger partial charge in [-0.3, -0.25) is 9.97 Å². The van der Waals surface area contributed by atoms with E-state index in [-0.39, 0.29) is 6.04 Å². The van der Waals surface area contributed by atoms with E-state index in [1.54, 1.807) is 0 Å². The van der Waals surface area contributed by atoms with Crippen LogP contribution in [-0.2, 0) is 0 Å². The Hall–Kier alpha value is -2.26. The average Bonchev–Trinajstić information content (AvgIpc) is 2.48. The third-order valence-corrected chi connectivity index (χ3v) is 3.51. The van der Waals surface area contributed by atoms with Crippen LogP contribution in [0.5, 0.6) is 0 Å². The number of fused-ring (bicyclic) bond motifs is 1. The van der Waals surface area contributed by atoms with Crippen LogP contribution in [0.15, 0.2) is 54.9 Å². The van der Waals surface area contributed by atoms with Crippen molar-refractivity contribution in [3.05, 3.63) is 71.7 Å². The van der Waals surface area contributed by atoms with Gasteiger partial charge in [-0.05, 0) is 49.4 Å². The molecule has 0 radical (unpaired) electrons. The molecule has 3 aromatic rings. The first-order valence-corrected chi connectivity index (χ1v) is 6.73. The molecule has 0 spiro atoms. The summed E-state index contributed by atoms with van der Waals surface area (Å²) in [6, 6.07) is 14.5. The number of nitrogens with zero attached hydrogens (tertiary/aromatic N) is 2. The van der Waals surface area contributed by atoms with E-state index < -0.39 is 0 Å². The van der Waals surface area contributed by atoms with E-state index in [1.807, 2.05) is 43.7 Å². The van der Waals surface area contributed by atoms with E-state index >= 15 is 0 Å². The summed E-state index contributed by atoms with van der Waals surface area (Å²) >= 11 is 0. The monoisotopic (exact) mass is 263 g/mol. The van der Waals surface area contributed by atoms with Crippen molar-refractivity contribution in [1.29, 1.82) is 0 Å². The van der Waals surface area contributed by atoms with Crippen molar-refractivity contribution in [2.75, 3.05) is 7.05 Å². The number of nitrogens with one attached hydrogen (secondary N) is 1. The maximum absolute atomic E-state index is 4.51. The lowest BCUT2D eigenvalue weighted by molar-refractivity contribution is 0.675. The molecule has 2 aromatic heterocycles. The quantitative estimate of drug-likeness (QED) is 0.788. The number of hydrogen-bond donors (Lipinski definition) is 1. The summed E-state index contributed by atoms with van der Waals surface area (Å²) in [6.45, 7) is 2.09. The molecule has 0 bridgehead atoms. The summed E-state index contributed by atoms with van der Waals surface area (Å²) in [5, 5.41) is 4.53. The first-order chi connectivity index (χ1) is 9.79. The molecule has 1 aromatic carbocycles. The maximum atomic E-state index is 4.51. The predicted molar refractivity (Wildman–Crippen MR) is 81.6 cm³/mol. The van der Waals surface area contributed by atoms with Crippen LogP contribution in [0.1, 0.15) is 22.9 Å². The Labute approximate surface area is 118 Å². The van der Waals surface area contributed by atoms with Crippen molar-refractivity contribution in [3.8, 4) is 0 Å². The summed E-state index contributed by atoms with van der Waals surface area (Å²) in [4.78, 5) is 8.93. The molecule has 0 aliphatic rings. The summed E-state index contributed by atoms with van der Waals surface area (Å²) in [5.41, 5.74) is 4.46. The van der Waals surface area contributed by atoms with E-state index in [1.165, 1.54) is 11.1 Å². The van der Waals surface area contributed by atoms with E-state index in [0.29, 0.717) is 0 Å². The van der Waals surface area contributed by atoms with Gasteiger partial charge in [0.15, 0.2) is 0 Å². The highest BCUT2D eigenvalue weighted by Gasteiger charge is 2.16. The highest BCUT2D eigenvalue weighted by atomic mass is 14.9. The SMILES string of the molecule is CNC(c1cc(C)ccn1)c1cccc2ncccc12. The lowest BCUT2D eigenvalue weighted by Gasteiger charge is -2.18. The summed E-state index contributed by atoms with van der Waals surface area (Å²) in [5.74, 6) is 0. The second-order valence-electron chi connectivity index (χ2n) is 4.90. The molecule has 20 heavy (non-hydrogen) atoms. The lowest BCUT2D eigenvalue weighted by atomic mass is 9.98. The zero-order valence-corrected chi connectivity index (χ0v) is 11.7. The number of benzene rings is 1. The van der Waals surface area contributed by atoms with Gasteiger partial charge in [0.1, 0.15) is 0 Å². The van der Waals surface area contributed by atoms with Crippen molar-refractivity contribution in [2.24, 2.45) is 0 Å². The minimum absolute atomic E-state index is 0.0720.